The van der Waals surface area contributed by atoms with E-state index in [2.05, 4.69) is 16.2 Å². The van der Waals surface area contributed by atoms with E-state index in [4.69, 9.17) is 17.0 Å². The summed E-state index contributed by atoms with van der Waals surface area (Å²) in [6.07, 6.45) is 0.166. The first-order chi connectivity index (χ1) is 16.6. The highest BCUT2D eigenvalue weighted by molar-refractivity contribution is 7.80. The molecule has 0 aliphatic rings. The van der Waals surface area contributed by atoms with Crippen molar-refractivity contribution in [3.05, 3.63) is 103 Å². The van der Waals surface area contributed by atoms with Gasteiger partial charge in [0.15, 0.2) is 11.7 Å². The molecule has 0 aliphatic carbocycles. The first-order valence-electron chi connectivity index (χ1n) is 10.7. The summed E-state index contributed by atoms with van der Waals surface area (Å²) in [4.78, 5) is 24.4. The van der Waals surface area contributed by atoms with E-state index in [1.165, 1.54) is 0 Å². The molecule has 0 heterocycles. The van der Waals surface area contributed by atoms with Crippen LogP contribution in [-0.4, -0.2) is 23.5 Å². The number of amides is 2. The van der Waals surface area contributed by atoms with E-state index in [1.54, 1.807) is 12.1 Å². The Bertz CT molecular complexity index is 1300. The average molecular weight is 470 g/mol. The second kappa shape index (κ2) is 11.1. The standard InChI is InChI=1S/C27H23N3O3S/c31-25(17-22-11-6-10-21-9-4-5-12-24(21)22)28-27(34)30-29-26(32)18-33-23-15-13-20(14-16-23)19-7-2-1-3-8-19/h1-16H,17-18H2,(H,29,32)(H2,28,30,31,34). The van der Waals surface area contributed by atoms with Gasteiger partial charge in [-0.1, -0.05) is 84.9 Å². The summed E-state index contributed by atoms with van der Waals surface area (Å²) in [5, 5.41) is 4.66. The zero-order chi connectivity index (χ0) is 23.8. The van der Waals surface area contributed by atoms with Crippen LogP contribution in [-0.2, 0) is 16.0 Å². The lowest BCUT2D eigenvalue weighted by molar-refractivity contribution is -0.124. The monoisotopic (exact) mass is 469 g/mol. The molecular weight excluding hydrogens is 446 g/mol. The maximum Gasteiger partial charge on any atom is 0.276 e. The molecule has 170 valence electrons. The molecule has 0 bridgehead atoms. The molecule has 4 aromatic carbocycles. The summed E-state index contributed by atoms with van der Waals surface area (Å²) in [5.74, 6) is -0.142. The third kappa shape index (κ3) is 6.17. The number of fused-ring (bicyclic) bond motifs is 1. The lowest BCUT2D eigenvalue weighted by Crippen LogP contribution is -2.49. The van der Waals surface area contributed by atoms with Gasteiger partial charge >= 0.3 is 0 Å². The molecule has 0 atom stereocenters. The third-order valence-electron chi connectivity index (χ3n) is 5.13. The Balaban J connectivity index is 1.20. The first kappa shape index (κ1) is 22.9. The quantitative estimate of drug-likeness (QED) is 0.292. The molecule has 2 amide bonds. The van der Waals surface area contributed by atoms with Gasteiger partial charge in [-0.15, -0.1) is 0 Å². The minimum atomic E-state index is -0.433. The van der Waals surface area contributed by atoms with E-state index < -0.39 is 5.91 Å². The number of hydrazine groups is 1. The number of hydrogen-bond donors (Lipinski definition) is 3. The Labute approximate surface area is 202 Å². The summed E-state index contributed by atoms with van der Waals surface area (Å²) in [6, 6.07) is 31.1. The van der Waals surface area contributed by atoms with Gasteiger partial charge in [-0.3, -0.25) is 20.4 Å². The first-order valence-corrected chi connectivity index (χ1v) is 11.1. The predicted octanol–water partition coefficient (Wildman–Crippen LogP) is 4.15. The number of benzene rings is 4. The van der Waals surface area contributed by atoms with Crippen molar-refractivity contribution >= 4 is 39.9 Å². The Kier molecular flexibility index (Phi) is 7.47. The lowest BCUT2D eigenvalue weighted by atomic mass is 10.0. The van der Waals surface area contributed by atoms with Crippen LogP contribution in [0, 0.1) is 0 Å². The topological polar surface area (TPSA) is 79.5 Å². The predicted molar refractivity (Wildman–Crippen MR) is 137 cm³/mol. The number of ether oxygens (including phenoxy) is 1. The van der Waals surface area contributed by atoms with Crippen molar-refractivity contribution in [2.75, 3.05) is 6.61 Å². The molecule has 7 heteroatoms. The van der Waals surface area contributed by atoms with Crippen LogP contribution in [0.1, 0.15) is 5.56 Å². The fourth-order valence-electron chi connectivity index (χ4n) is 3.51. The van der Waals surface area contributed by atoms with E-state index in [1.807, 2.05) is 84.9 Å². The molecule has 4 rings (SSSR count). The van der Waals surface area contributed by atoms with Crippen LogP contribution >= 0.6 is 12.2 Å². The number of hydrogen-bond acceptors (Lipinski definition) is 4. The van der Waals surface area contributed by atoms with Crippen molar-refractivity contribution in [2.24, 2.45) is 0 Å². The Morgan fingerprint density at radius 3 is 2.18 bits per heavy atom. The molecule has 0 fully saturated rings. The van der Waals surface area contributed by atoms with E-state index in [9.17, 15) is 9.59 Å². The SMILES string of the molecule is O=C(COc1ccc(-c2ccccc2)cc1)NNC(=S)NC(=O)Cc1cccc2ccccc12. The van der Waals surface area contributed by atoms with Crippen molar-refractivity contribution in [3.8, 4) is 16.9 Å². The number of carbonyl (C=O) groups excluding carboxylic acids is 2. The molecule has 0 spiro atoms. The molecule has 4 aromatic rings. The fraction of sp³-hybridized carbons (Fsp3) is 0.0741. The van der Waals surface area contributed by atoms with Gasteiger partial charge in [0.05, 0.1) is 6.42 Å². The number of rotatable bonds is 6. The van der Waals surface area contributed by atoms with Crippen LogP contribution in [0.3, 0.4) is 0 Å². The molecule has 34 heavy (non-hydrogen) atoms. The Morgan fingerprint density at radius 1 is 0.706 bits per heavy atom. The van der Waals surface area contributed by atoms with Crippen molar-refractivity contribution in [1.82, 2.24) is 16.2 Å². The molecular formula is C27H23N3O3S. The zero-order valence-corrected chi connectivity index (χ0v) is 19.1. The zero-order valence-electron chi connectivity index (χ0n) is 18.3. The molecule has 0 saturated heterocycles. The summed E-state index contributed by atoms with van der Waals surface area (Å²) < 4.78 is 5.51. The van der Waals surface area contributed by atoms with Gasteiger partial charge < -0.3 is 10.1 Å². The van der Waals surface area contributed by atoms with Crippen molar-refractivity contribution in [2.45, 2.75) is 6.42 Å². The van der Waals surface area contributed by atoms with Crippen LogP contribution in [0.2, 0.25) is 0 Å². The fourth-order valence-corrected chi connectivity index (χ4v) is 3.67. The van der Waals surface area contributed by atoms with E-state index in [-0.39, 0.29) is 24.0 Å². The van der Waals surface area contributed by atoms with Gasteiger partial charge in [0.1, 0.15) is 5.75 Å². The number of thiocarbonyl (C=S) groups is 1. The van der Waals surface area contributed by atoms with Gasteiger partial charge in [-0.2, -0.15) is 0 Å². The van der Waals surface area contributed by atoms with Crippen molar-refractivity contribution in [1.29, 1.82) is 0 Å². The Hall–Kier alpha value is -4.23. The van der Waals surface area contributed by atoms with Gasteiger partial charge in [-0.05, 0) is 51.8 Å². The van der Waals surface area contributed by atoms with Gasteiger partial charge in [0, 0.05) is 0 Å². The molecule has 0 unspecified atom stereocenters. The Morgan fingerprint density at radius 2 is 1.38 bits per heavy atom. The summed E-state index contributed by atoms with van der Waals surface area (Å²) in [7, 11) is 0. The van der Waals surface area contributed by atoms with Gasteiger partial charge in [-0.25, -0.2) is 0 Å². The third-order valence-corrected chi connectivity index (χ3v) is 5.33. The highest BCUT2D eigenvalue weighted by Crippen LogP contribution is 2.22. The summed E-state index contributed by atoms with van der Waals surface area (Å²) in [6.45, 7) is -0.204. The second-order valence-corrected chi connectivity index (χ2v) is 7.95. The van der Waals surface area contributed by atoms with Crippen LogP contribution in [0.15, 0.2) is 97.1 Å². The smallest absolute Gasteiger partial charge is 0.276 e. The van der Waals surface area contributed by atoms with Crippen molar-refractivity contribution in [3.63, 3.8) is 0 Å². The average Bonchev–Trinajstić information content (AvgIpc) is 2.87. The van der Waals surface area contributed by atoms with E-state index >= 15 is 0 Å². The molecule has 0 saturated carbocycles. The largest absolute Gasteiger partial charge is 0.484 e. The highest BCUT2D eigenvalue weighted by atomic mass is 32.1. The molecule has 0 radical (unpaired) electrons. The highest BCUT2D eigenvalue weighted by Gasteiger charge is 2.10. The lowest BCUT2D eigenvalue weighted by Gasteiger charge is -2.12. The van der Waals surface area contributed by atoms with Crippen molar-refractivity contribution < 1.29 is 14.3 Å². The van der Waals surface area contributed by atoms with Gasteiger partial charge in [0.25, 0.3) is 5.91 Å². The second-order valence-electron chi connectivity index (χ2n) is 7.54. The molecule has 0 aliphatic heterocycles. The molecule has 0 aromatic heterocycles. The molecule has 6 nitrogen and oxygen atoms in total. The van der Waals surface area contributed by atoms with Crippen LogP contribution in [0.5, 0.6) is 5.75 Å². The minimum Gasteiger partial charge on any atom is -0.484 e. The maximum absolute atomic E-state index is 12.4. The minimum absolute atomic E-state index is 0.00537. The number of carbonyl (C=O) groups is 2. The summed E-state index contributed by atoms with van der Waals surface area (Å²) >= 11 is 5.10. The van der Waals surface area contributed by atoms with Crippen LogP contribution < -0.4 is 20.9 Å². The molecule has 3 N–H and O–H groups in total. The van der Waals surface area contributed by atoms with E-state index in [0.29, 0.717) is 5.75 Å². The van der Waals surface area contributed by atoms with Gasteiger partial charge in [0.2, 0.25) is 5.91 Å². The maximum atomic E-state index is 12.4. The van der Waals surface area contributed by atoms with Crippen LogP contribution in [0.25, 0.3) is 21.9 Å². The van der Waals surface area contributed by atoms with E-state index in [0.717, 1.165) is 27.5 Å². The summed E-state index contributed by atoms with van der Waals surface area (Å²) in [5.41, 5.74) is 8.00. The normalized spacial score (nSPS) is 10.4. The number of nitrogens with one attached hydrogen (secondary N) is 3. The van der Waals surface area contributed by atoms with Crippen LogP contribution in [0.4, 0.5) is 0 Å².